The van der Waals surface area contributed by atoms with Crippen LogP contribution in [0.5, 0.6) is 11.5 Å². The number of hydrogen-bond donors (Lipinski definition) is 2. The van der Waals surface area contributed by atoms with Crippen molar-refractivity contribution in [2.75, 3.05) is 31.7 Å². The summed E-state index contributed by atoms with van der Waals surface area (Å²) in [6, 6.07) is 9.19. The number of anilines is 2. The van der Waals surface area contributed by atoms with Crippen molar-refractivity contribution < 1.29 is 19.0 Å². The lowest BCUT2D eigenvalue weighted by atomic mass is 10.2. The molecule has 2 aliphatic heterocycles. The number of ether oxygens (including phenoxy) is 3. The van der Waals surface area contributed by atoms with Crippen molar-refractivity contribution in [3.05, 3.63) is 42.2 Å². The molecular weight excluding hydrogens is 334 g/mol. The summed E-state index contributed by atoms with van der Waals surface area (Å²) < 4.78 is 16.6. The van der Waals surface area contributed by atoms with Gasteiger partial charge < -0.3 is 24.8 Å². The molecule has 4 rings (SSSR count). The van der Waals surface area contributed by atoms with Gasteiger partial charge in [0.05, 0.1) is 18.0 Å². The number of carbonyl (C=O) groups excluding carboxylic acids is 1. The standard InChI is InChI=1S/C19H21N3O4/c23-19(21-12-15-2-1-7-24-15)16-5-3-14(11-20-16)22-13-4-6-17-18(10-13)26-9-8-25-17/h3-6,10-11,15,22H,1-2,7-9,12H2,(H,21,23). The highest BCUT2D eigenvalue weighted by Gasteiger charge is 2.17. The number of hydrogen-bond acceptors (Lipinski definition) is 6. The molecule has 1 unspecified atom stereocenters. The fourth-order valence-electron chi connectivity index (χ4n) is 2.99. The number of pyridine rings is 1. The molecule has 0 saturated carbocycles. The molecule has 1 fully saturated rings. The van der Waals surface area contributed by atoms with Crippen molar-refractivity contribution in [3.8, 4) is 11.5 Å². The van der Waals surface area contributed by atoms with Crippen LogP contribution in [0.25, 0.3) is 0 Å². The molecule has 1 aromatic heterocycles. The first-order chi connectivity index (χ1) is 12.8. The summed E-state index contributed by atoms with van der Waals surface area (Å²) in [6.45, 7) is 2.42. The largest absolute Gasteiger partial charge is 0.486 e. The normalized spacial score (nSPS) is 18.4. The van der Waals surface area contributed by atoms with Gasteiger partial charge in [-0.25, -0.2) is 4.98 Å². The number of carbonyl (C=O) groups is 1. The number of rotatable bonds is 5. The van der Waals surface area contributed by atoms with E-state index in [4.69, 9.17) is 14.2 Å². The maximum absolute atomic E-state index is 12.2. The Morgan fingerprint density at radius 2 is 1.92 bits per heavy atom. The molecule has 2 aromatic rings. The van der Waals surface area contributed by atoms with E-state index in [0.717, 1.165) is 42.3 Å². The Hall–Kier alpha value is -2.80. The van der Waals surface area contributed by atoms with Gasteiger partial charge in [-0.15, -0.1) is 0 Å². The Balaban J connectivity index is 1.35. The van der Waals surface area contributed by atoms with Crippen LogP contribution in [0, 0.1) is 0 Å². The smallest absolute Gasteiger partial charge is 0.269 e. The molecular formula is C19H21N3O4. The summed E-state index contributed by atoms with van der Waals surface area (Å²) in [5.41, 5.74) is 2.04. The second-order valence-electron chi connectivity index (χ2n) is 6.26. The summed E-state index contributed by atoms with van der Waals surface area (Å²) in [5.74, 6) is 1.28. The zero-order chi connectivity index (χ0) is 17.8. The van der Waals surface area contributed by atoms with Gasteiger partial charge in [0.1, 0.15) is 18.9 Å². The highest BCUT2D eigenvalue weighted by atomic mass is 16.6. The van der Waals surface area contributed by atoms with Gasteiger partial charge in [0.15, 0.2) is 11.5 Å². The van der Waals surface area contributed by atoms with Gasteiger partial charge in [-0.2, -0.15) is 0 Å². The molecule has 0 radical (unpaired) electrons. The molecule has 2 aliphatic rings. The van der Waals surface area contributed by atoms with Crippen molar-refractivity contribution >= 4 is 17.3 Å². The molecule has 3 heterocycles. The SMILES string of the molecule is O=C(NCC1CCCO1)c1ccc(Nc2ccc3c(c2)OCCO3)cn1. The summed E-state index contributed by atoms with van der Waals surface area (Å²) in [5, 5.41) is 6.11. The first kappa shape index (κ1) is 16.7. The summed E-state index contributed by atoms with van der Waals surface area (Å²) in [4.78, 5) is 16.4. The monoisotopic (exact) mass is 355 g/mol. The molecule has 0 aliphatic carbocycles. The number of nitrogens with one attached hydrogen (secondary N) is 2. The summed E-state index contributed by atoms with van der Waals surface area (Å²) in [7, 11) is 0. The second kappa shape index (κ2) is 7.61. The Labute approximate surface area is 151 Å². The average molecular weight is 355 g/mol. The summed E-state index contributed by atoms with van der Waals surface area (Å²) >= 11 is 0. The van der Waals surface area contributed by atoms with Crippen molar-refractivity contribution in [1.82, 2.24) is 10.3 Å². The average Bonchev–Trinajstić information content (AvgIpc) is 3.20. The van der Waals surface area contributed by atoms with Crippen LogP contribution in [-0.2, 0) is 4.74 Å². The lowest BCUT2D eigenvalue weighted by Crippen LogP contribution is -2.32. The molecule has 1 aromatic carbocycles. The highest BCUT2D eigenvalue weighted by Crippen LogP contribution is 2.33. The third-order valence-corrected chi connectivity index (χ3v) is 4.34. The lowest BCUT2D eigenvalue weighted by Gasteiger charge is -2.19. The van der Waals surface area contributed by atoms with Gasteiger partial charge >= 0.3 is 0 Å². The van der Waals surface area contributed by atoms with Crippen LogP contribution in [0.15, 0.2) is 36.5 Å². The Bertz CT molecular complexity index is 773. The quantitative estimate of drug-likeness (QED) is 0.858. The molecule has 26 heavy (non-hydrogen) atoms. The Kier molecular flexibility index (Phi) is 4.88. The fourth-order valence-corrected chi connectivity index (χ4v) is 2.99. The van der Waals surface area contributed by atoms with E-state index in [-0.39, 0.29) is 12.0 Å². The van der Waals surface area contributed by atoms with Crippen LogP contribution in [0.2, 0.25) is 0 Å². The topological polar surface area (TPSA) is 81.7 Å². The van der Waals surface area contributed by atoms with Crippen LogP contribution in [0.3, 0.4) is 0 Å². The number of amides is 1. The van der Waals surface area contributed by atoms with E-state index < -0.39 is 0 Å². The van der Waals surface area contributed by atoms with E-state index in [1.165, 1.54) is 0 Å². The van der Waals surface area contributed by atoms with E-state index in [1.54, 1.807) is 12.3 Å². The molecule has 1 saturated heterocycles. The number of fused-ring (bicyclic) bond motifs is 1. The first-order valence-electron chi connectivity index (χ1n) is 8.80. The summed E-state index contributed by atoms with van der Waals surface area (Å²) in [6.07, 6.45) is 3.80. The zero-order valence-corrected chi connectivity index (χ0v) is 14.4. The van der Waals surface area contributed by atoms with Crippen LogP contribution in [0.4, 0.5) is 11.4 Å². The van der Waals surface area contributed by atoms with E-state index in [2.05, 4.69) is 15.6 Å². The predicted molar refractivity (Wildman–Crippen MR) is 96.3 cm³/mol. The van der Waals surface area contributed by atoms with E-state index in [9.17, 15) is 4.79 Å². The first-order valence-corrected chi connectivity index (χ1v) is 8.80. The van der Waals surface area contributed by atoms with Crippen molar-refractivity contribution in [1.29, 1.82) is 0 Å². The van der Waals surface area contributed by atoms with Crippen LogP contribution < -0.4 is 20.1 Å². The van der Waals surface area contributed by atoms with E-state index in [1.807, 2.05) is 24.3 Å². The van der Waals surface area contributed by atoms with Gasteiger partial charge in [0.25, 0.3) is 5.91 Å². The van der Waals surface area contributed by atoms with Gasteiger partial charge in [0, 0.05) is 24.9 Å². The Morgan fingerprint density at radius 3 is 2.69 bits per heavy atom. The predicted octanol–water partition coefficient (Wildman–Crippen LogP) is 2.51. The Morgan fingerprint density at radius 1 is 1.08 bits per heavy atom. The van der Waals surface area contributed by atoms with E-state index in [0.29, 0.717) is 25.5 Å². The third-order valence-electron chi connectivity index (χ3n) is 4.34. The number of nitrogens with zero attached hydrogens (tertiary/aromatic N) is 1. The van der Waals surface area contributed by atoms with Gasteiger partial charge in [-0.1, -0.05) is 0 Å². The molecule has 0 bridgehead atoms. The minimum Gasteiger partial charge on any atom is -0.486 e. The van der Waals surface area contributed by atoms with Crippen molar-refractivity contribution in [3.63, 3.8) is 0 Å². The van der Waals surface area contributed by atoms with Gasteiger partial charge in [-0.3, -0.25) is 4.79 Å². The minimum atomic E-state index is -0.189. The number of benzene rings is 1. The molecule has 136 valence electrons. The van der Waals surface area contributed by atoms with Crippen LogP contribution in [-0.4, -0.2) is 43.4 Å². The third kappa shape index (κ3) is 3.88. The van der Waals surface area contributed by atoms with Crippen molar-refractivity contribution in [2.24, 2.45) is 0 Å². The lowest BCUT2D eigenvalue weighted by molar-refractivity contribution is 0.0854. The zero-order valence-electron chi connectivity index (χ0n) is 14.4. The van der Waals surface area contributed by atoms with Crippen LogP contribution in [0.1, 0.15) is 23.3 Å². The number of aromatic nitrogens is 1. The molecule has 2 N–H and O–H groups in total. The second-order valence-corrected chi connectivity index (χ2v) is 6.26. The van der Waals surface area contributed by atoms with Crippen molar-refractivity contribution in [2.45, 2.75) is 18.9 Å². The molecule has 7 heteroatoms. The maximum atomic E-state index is 12.2. The molecule has 7 nitrogen and oxygen atoms in total. The van der Waals surface area contributed by atoms with Gasteiger partial charge in [0.2, 0.25) is 0 Å². The minimum absolute atomic E-state index is 0.120. The fraction of sp³-hybridized carbons (Fsp3) is 0.368. The molecule has 1 amide bonds. The maximum Gasteiger partial charge on any atom is 0.269 e. The molecule has 0 spiro atoms. The van der Waals surface area contributed by atoms with Crippen LogP contribution >= 0.6 is 0 Å². The highest BCUT2D eigenvalue weighted by molar-refractivity contribution is 5.92. The van der Waals surface area contributed by atoms with Gasteiger partial charge in [-0.05, 0) is 37.1 Å². The molecule has 1 atom stereocenters. The van der Waals surface area contributed by atoms with E-state index >= 15 is 0 Å².